The number of hydroxylamine groups is 2. The lowest BCUT2D eigenvalue weighted by Crippen LogP contribution is -2.45. The number of nitrogens with two attached hydrogens (primary N) is 1. The molecule has 5 nitrogen and oxygen atoms in total. The molecule has 1 fully saturated rings. The molecule has 0 aliphatic carbocycles. The second-order valence-corrected chi connectivity index (χ2v) is 5.59. The zero-order chi connectivity index (χ0) is 16.1. The summed E-state index contributed by atoms with van der Waals surface area (Å²) in [6.45, 7) is 0.589. The van der Waals surface area contributed by atoms with Crippen molar-refractivity contribution in [3.05, 3.63) is 71.8 Å². The van der Waals surface area contributed by atoms with Crippen molar-refractivity contribution in [1.82, 2.24) is 10.4 Å². The van der Waals surface area contributed by atoms with Gasteiger partial charge in [-0.25, -0.2) is 0 Å². The van der Waals surface area contributed by atoms with Crippen LogP contribution in [0.3, 0.4) is 0 Å². The average molecular weight is 311 g/mol. The Morgan fingerprint density at radius 2 is 1.78 bits per heavy atom. The summed E-state index contributed by atoms with van der Waals surface area (Å²) in [5.41, 5.74) is 7.66. The van der Waals surface area contributed by atoms with E-state index >= 15 is 0 Å². The molecule has 0 aromatic heterocycles. The first-order valence-corrected chi connectivity index (χ1v) is 7.78. The maximum Gasteiger partial charge on any atom is 0.235 e. The molecule has 2 aromatic carbocycles. The highest BCUT2D eigenvalue weighted by molar-refractivity contribution is 5.78. The minimum atomic E-state index is -0.184. The van der Waals surface area contributed by atoms with Crippen molar-refractivity contribution >= 4 is 5.91 Å². The van der Waals surface area contributed by atoms with Crippen LogP contribution in [0.4, 0.5) is 0 Å². The van der Waals surface area contributed by atoms with Crippen LogP contribution in [0.5, 0.6) is 0 Å². The van der Waals surface area contributed by atoms with Gasteiger partial charge in [-0.15, -0.1) is 0 Å². The zero-order valence-corrected chi connectivity index (χ0v) is 12.9. The Morgan fingerprint density at radius 3 is 2.43 bits per heavy atom. The Hall–Kier alpha value is -2.21. The van der Waals surface area contributed by atoms with Gasteiger partial charge in [-0.1, -0.05) is 60.7 Å². The first kappa shape index (κ1) is 15.7. The van der Waals surface area contributed by atoms with Gasteiger partial charge in [0.05, 0.1) is 13.1 Å². The van der Waals surface area contributed by atoms with Gasteiger partial charge in [0, 0.05) is 6.42 Å². The molecule has 0 spiro atoms. The molecular formula is C18H21N3O2. The fourth-order valence-corrected chi connectivity index (χ4v) is 2.75. The molecule has 1 aliphatic heterocycles. The quantitative estimate of drug-likeness (QED) is 0.886. The second kappa shape index (κ2) is 7.37. The van der Waals surface area contributed by atoms with Crippen LogP contribution in [0.25, 0.3) is 0 Å². The Labute approximate surface area is 136 Å². The number of nitrogens with one attached hydrogen (secondary N) is 1. The van der Waals surface area contributed by atoms with Gasteiger partial charge < -0.3 is 11.1 Å². The van der Waals surface area contributed by atoms with E-state index in [0.717, 1.165) is 11.1 Å². The fourth-order valence-electron chi connectivity index (χ4n) is 2.75. The van der Waals surface area contributed by atoms with Gasteiger partial charge in [0.15, 0.2) is 0 Å². The van der Waals surface area contributed by atoms with Crippen molar-refractivity contribution in [1.29, 1.82) is 0 Å². The van der Waals surface area contributed by atoms with Crippen LogP contribution in [0, 0.1) is 0 Å². The highest BCUT2D eigenvalue weighted by atomic mass is 16.7. The molecule has 0 radical (unpaired) electrons. The van der Waals surface area contributed by atoms with E-state index in [0.29, 0.717) is 13.0 Å². The summed E-state index contributed by atoms with van der Waals surface area (Å²) >= 11 is 0. The number of carbonyl (C=O) groups is 1. The van der Waals surface area contributed by atoms with Crippen molar-refractivity contribution in [3.63, 3.8) is 0 Å². The lowest BCUT2D eigenvalue weighted by atomic mass is 10.1. The van der Waals surface area contributed by atoms with Crippen LogP contribution >= 0.6 is 0 Å². The van der Waals surface area contributed by atoms with Crippen molar-refractivity contribution in [2.45, 2.75) is 25.2 Å². The van der Waals surface area contributed by atoms with E-state index in [1.165, 1.54) is 0 Å². The maximum atomic E-state index is 11.7. The second-order valence-electron chi connectivity index (χ2n) is 5.59. The average Bonchev–Trinajstić information content (AvgIpc) is 2.99. The van der Waals surface area contributed by atoms with Gasteiger partial charge in [0.2, 0.25) is 5.91 Å². The Morgan fingerprint density at radius 1 is 1.13 bits per heavy atom. The highest BCUT2D eigenvalue weighted by Gasteiger charge is 2.35. The minimum absolute atomic E-state index is 0.0221. The molecule has 5 heteroatoms. The lowest BCUT2D eigenvalue weighted by molar-refractivity contribution is -0.177. The number of rotatable bonds is 5. The van der Waals surface area contributed by atoms with Gasteiger partial charge in [-0.3, -0.25) is 9.63 Å². The van der Waals surface area contributed by atoms with Gasteiger partial charge >= 0.3 is 0 Å². The van der Waals surface area contributed by atoms with E-state index in [1.807, 2.05) is 65.7 Å². The summed E-state index contributed by atoms with van der Waals surface area (Å²) in [4.78, 5) is 17.8. The molecule has 1 heterocycles. The summed E-state index contributed by atoms with van der Waals surface area (Å²) in [7, 11) is 0. The first-order chi connectivity index (χ1) is 11.3. The molecule has 2 aromatic rings. The van der Waals surface area contributed by atoms with Gasteiger partial charge in [0.1, 0.15) is 12.3 Å². The summed E-state index contributed by atoms with van der Waals surface area (Å²) in [6, 6.07) is 20.1. The number of nitrogens with zero attached hydrogens (tertiary/aromatic N) is 1. The van der Waals surface area contributed by atoms with Crippen LogP contribution in [0.15, 0.2) is 60.7 Å². The van der Waals surface area contributed by atoms with Crippen molar-refractivity contribution in [2.75, 3.05) is 6.54 Å². The van der Waals surface area contributed by atoms with Crippen LogP contribution in [0.1, 0.15) is 23.7 Å². The standard InChI is InChI=1S/C18H21N3O2/c19-12-18(22)20-17-11-16(15-9-5-2-6-10-15)23-21(17)13-14-7-3-1-4-8-14/h1-10,16-17H,11-13,19H2,(H,20,22)/t16-,17+/m1/s1. The van der Waals surface area contributed by atoms with Crippen molar-refractivity contribution in [3.8, 4) is 0 Å². The summed E-state index contributed by atoms with van der Waals surface area (Å²) in [5.74, 6) is -0.176. The molecule has 0 bridgehead atoms. The SMILES string of the molecule is NCC(=O)N[C@@H]1C[C@H](c2ccccc2)ON1Cc1ccccc1. The van der Waals surface area contributed by atoms with Crippen LogP contribution in [-0.2, 0) is 16.2 Å². The summed E-state index contributed by atoms with van der Waals surface area (Å²) < 4.78 is 0. The highest BCUT2D eigenvalue weighted by Crippen LogP contribution is 2.33. The van der Waals surface area contributed by atoms with E-state index in [-0.39, 0.29) is 24.7 Å². The summed E-state index contributed by atoms with van der Waals surface area (Å²) in [5, 5.41) is 4.77. The number of carbonyl (C=O) groups excluding carboxylic acids is 1. The fraction of sp³-hybridized carbons (Fsp3) is 0.278. The molecule has 120 valence electrons. The van der Waals surface area contributed by atoms with Gasteiger partial charge in [-0.05, 0) is 11.1 Å². The first-order valence-electron chi connectivity index (χ1n) is 7.78. The topological polar surface area (TPSA) is 67.6 Å². The minimum Gasteiger partial charge on any atom is -0.337 e. The largest absolute Gasteiger partial charge is 0.337 e. The summed E-state index contributed by atoms with van der Waals surface area (Å²) in [6.07, 6.45) is 0.447. The van der Waals surface area contributed by atoms with Crippen LogP contribution in [-0.4, -0.2) is 23.7 Å². The van der Waals surface area contributed by atoms with E-state index in [2.05, 4.69) is 5.32 Å². The monoisotopic (exact) mass is 311 g/mol. The number of benzene rings is 2. The molecule has 23 heavy (non-hydrogen) atoms. The predicted octanol–water partition coefficient (Wildman–Crippen LogP) is 1.97. The van der Waals surface area contributed by atoms with Crippen LogP contribution < -0.4 is 11.1 Å². The van der Waals surface area contributed by atoms with E-state index < -0.39 is 0 Å². The Kier molecular flexibility index (Phi) is 5.02. The Bertz CT molecular complexity index is 633. The predicted molar refractivity (Wildman–Crippen MR) is 87.9 cm³/mol. The molecule has 0 saturated carbocycles. The van der Waals surface area contributed by atoms with E-state index in [1.54, 1.807) is 0 Å². The molecule has 1 amide bonds. The lowest BCUT2D eigenvalue weighted by Gasteiger charge is -2.23. The van der Waals surface area contributed by atoms with Crippen molar-refractivity contribution in [2.24, 2.45) is 5.73 Å². The molecule has 3 rings (SSSR count). The molecule has 3 N–H and O–H groups in total. The normalized spacial score (nSPS) is 21.3. The van der Waals surface area contributed by atoms with Gasteiger partial charge in [0.25, 0.3) is 0 Å². The van der Waals surface area contributed by atoms with E-state index in [9.17, 15) is 4.79 Å². The van der Waals surface area contributed by atoms with Crippen molar-refractivity contribution < 1.29 is 9.63 Å². The van der Waals surface area contributed by atoms with E-state index in [4.69, 9.17) is 10.6 Å². The molecular weight excluding hydrogens is 290 g/mol. The zero-order valence-electron chi connectivity index (χ0n) is 12.9. The third kappa shape index (κ3) is 3.96. The smallest absolute Gasteiger partial charge is 0.235 e. The molecule has 0 unspecified atom stereocenters. The number of amides is 1. The third-order valence-corrected chi connectivity index (χ3v) is 3.91. The molecule has 1 aliphatic rings. The Balaban J connectivity index is 1.75. The number of hydrogen-bond acceptors (Lipinski definition) is 4. The third-order valence-electron chi connectivity index (χ3n) is 3.91. The van der Waals surface area contributed by atoms with Crippen LogP contribution in [0.2, 0.25) is 0 Å². The maximum absolute atomic E-state index is 11.7. The molecule has 2 atom stereocenters. The molecule has 1 saturated heterocycles. The number of hydrogen-bond donors (Lipinski definition) is 2. The van der Waals surface area contributed by atoms with Gasteiger partial charge in [-0.2, -0.15) is 5.06 Å².